The molecule has 1 aromatic rings. The summed E-state index contributed by atoms with van der Waals surface area (Å²) in [6, 6.07) is 5.06. The van der Waals surface area contributed by atoms with Crippen LogP contribution in [-0.2, 0) is 14.4 Å². The van der Waals surface area contributed by atoms with Crippen molar-refractivity contribution in [1.82, 2.24) is 4.90 Å². The van der Waals surface area contributed by atoms with Crippen LogP contribution in [-0.4, -0.2) is 36.0 Å². The summed E-state index contributed by atoms with van der Waals surface area (Å²) in [5.74, 6) is 0.0612. The molecular weight excluding hydrogens is 336 g/mol. The summed E-state index contributed by atoms with van der Waals surface area (Å²) in [7, 11) is 0. The van der Waals surface area contributed by atoms with Crippen molar-refractivity contribution in [2.45, 2.75) is 33.6 Å². The number of imide groups is 1. The minimum absolute atomic E-state index is 0.152. The Bertz CT molecular complexity index is 818. The van der Waals surface area contributed by atoms with Crippen LogP contribution in [0.1, 0.15) is 33.6 Å². The van der Waals surface area contributed by atoms with E-state index in [1.54, 1.807) is 18.2 Å². The van der Waals surface area contributed by atoms with Gasteiger partial charge in [0.1, 0.15) is 6.54 Å². The molecule has 3 aliphatic rings. The predicted octanol–water partition coefficient (Wildman–Crippen LogP) is 2.17. The first-order valence-electron chi connectivity index (χ1n) is 8.79. The summed E-state index contributed by atoms with van der Waals surface area (Å²) in [5.41, 5.74) is -0.457. The minimum atomic E-state index is -0.607. The van der Waals surface area contributed by atoms with Gasteiger partial charge in [0.05, 0.1) is 5.41 Å². The number of nitrogens with zero attached hydrogens (tertiary/aromatic N) is 1. The molecule has 1 saturated heterocycles. The second kappa shape index (κ2) is 5.46. The number of piperidine rings is 1. The molecule has 0 aromatic heterocycles. The molecule has 4 rings (SSSR count). The van der Waals surface area contributed by atoms with Gasteiger partial charge < -0.3 is 14.8 Å². The lowest BCUT2D eigenvalue weighted by Crippen LogP contribution is -2.60. The number of fused-ring (bicyclic) bond motifs is 3. The summed E-state index contributed by atoms with van der Waals surface area (Å²) in [6.07, 6.45) is 1.36. The fraction of sp³-hybridized carbons (Fsp3) is 0.526. The average Bonchev–Trinajstić information content (AvgIpc) is 3.11. The Morgan fingerprint density at radius 1 is 1.23 bits per heavy atom. The van der Waals surface area contributed by atoms with Crippen LogP contribution in [0.2, 0.25) is 0 Å². The Morgan fingerprint density at radius 3 is 2.73 bits per heavy atom. The Kier molecular flexibility index (Phi) is 3.54. The Hall–Kier alpha value is -2.57. The number of ether oxygens (including phenoxy) is 2. The molecule has 7 heteroatoms. The van der Waals surface area contributed by atoms with E-state index in [0.717, 1.165) is 4.90 Å². The highest BCUT2D eigenvalue weighted by Crippen LogP contribution is 2.59. The summed E-state index contributed by atoms with van der Waals surface area (Å²) < 4.78 is 10.5. The second-order valence-corrected chi connectivity index (χ2v) is 7.99. The van der Waals surface area contributed by atoms with Crippen LogP contribution in [0.3, 0.4) is 0 Å². The molecule has 2 heterocycles. The van der Waals surface area contributed by atoms with Crippen LogP contribution in [0.5, 0.6) is 11.5 Å². The van der Waals surface area contributed by atoms with E-state index in [-0.39, 0.29) is 36.5 Å². The van der Waals surface area contributed by atoms with Crippen molar-refractivity contribution < 1.29 is 23.9 Å². The first kappa shape index (κ1) is 16.9. The lowest BCUT2D eigenvalue weighted by molar-refractivity contribution is -0.168. The largest absolute Gasteiger partial charge is 0.454 e. The smallest absolute Gasteiger partial charge is 0.244 e. The third-order valence-electron chi connectivity index (χ3n) is 6.47. The number of amides is 3. The molecule has 2 aliphatic heterocycles. The van der Waals surface area contributed by atoms with Crippen molar-refractivity contribution in [2.24, 2.45) is 16.7 Å². The molecule has 2 fully saturated rings. The second-order valence-electron chi connectivity index (χ2n) is 7.99. The van der Waals surface area contributed by atoms with Crippen molar-refractivity contribution in [1.29, 1.82) is 0 Å². The number of nitrogens with one attached hydrogen (secondary N) is 1. The first-order valence-corrected chi connectivity index (χ1v) is 8.79. The molecule has 0 radical (unpaired) electrons. The van der Waals surface area contributed by atoms with Gasteiger partial charge in [0.2, 0.25) is 24.5 Å². The van der Waals surface area contributed by atoms with E-state index < -0.39 is 11.3 Å². The van der Waals surface area contributed by atoms with E-state index in [1.165, 1.54) is 0 Å². The summed E-state index contributed by atoms with van der Waals surface area (Å²) >= 11 is 0. The van der Waals surface area contributed by atoms with Crippen molar-refractivity contribution >= 4 is 23.4 Å². The molecule has 138 valence electrons. The van der Waals surface area contributed by atoms with Crippen LogP contribution < -0.4 is 14.8 Å². The highest BCUT2D eigenvalue weighted by atomic mass is 16.7. The standard InChI is InChI=1S/C19H22N2O5/c1-18(2)12-6-7-19(18,3)17(24)21(16(12)23)9-15(22)20-11-4-5-13-14(8-11)26-10-25-13/h4-5,8,12H,6-7,9-10H2,1-3H3,(H,20,22). The maximum absolute atomic E-state index is 13.0. The monoisotopic (exact) mass is 358 g/mol. The van der Waals surface area contributed by atoms with Crippen LogP contribution >= 0.6 is 0 Å². The Balaban J connectivity index is 1.50. The zero-order valence-corrected chi connectivity index (χ0v) is 15.1. The van der Waals surface area contributed by atoms with E-state index >= 15 is 0 Å². The van der Waals surface area contributed by atoms with Gasteiger partial charge in [-0.2, -0.15) is 0 Å². The van der Waals surface area contributed by atoms with E-state index in [9.17, 15) is 14.4 Å². The van der Waals surface area contributed by atoms with E-state index in [1.807, 2.05) is 20.8 Å². The summed E-state index contributed by atoms with van der Waals surface area (Å²) in [4.78, 5) is 39.3. The number of carbonyl (C=O) groups excluding carboxylic acids is 3. The van der Waals surface area contributed by atoms with Gasteiger partial charge in [-0.15, -0.1) is 0 Å². The predicted molar refractivity (Wildman–Crippen MR) is 92.5 cm³/mol. The number of anilines is 1. The van der Waals surface area contributed by atoms with Gasteiger partial charge in [-0.25, -0.2) is 0 Å². The highest BCUT2D eigenvalue weighted by molar-refractivity contribution is 6.07. The molecule has 1 aromatic carbocycles. The third kappa shape index (κ3) is 2.22. The molecule has 2 bridgehead atoms. The van der Waals surface area contributed by atoms with Crippen molar-refractivity contribution in [3.8, 4) is 11.5 Å². The van der Waals surface area contributed by atoms with Gasteiger partial charge in [0.25, 0.3) is 0 Å². The lowest BCUT2D eigenvalue weighted by Gasteiger charge is -2.47. The SMILES string of the molecule is CC12CCC(C(=O)N(CC(=O)Nc3ccc4c(c3)OCO4)C1=O)C2(C)C. The Labute approximate surface area is 151 Å². The summed E-state index contributed by atoms with van der Waals surface area (Å²) in [5, 5.41) is 2.72. The number of hydrogen-bond donors (Lipinski definition) is 1. The lowest BCUT2D eigenvalue weighted by atomic mass is 9.62. The fourth-order valence-electron chi connectivity index (χ4n) is 4.37. The molecule has 1 aliphatic carbocycles. The van der Waals surface area contributed by atoms with Crippen LogP contribution in [0.4, 0.5) is 5.69 Å². The van der Waals surface area contributed by atoms with Gasteiger partial charge in [-0.05, 0) is 30.4 Å². The molecule has 2 unspecified atom stereocenters. The van der Waals surface area contributed by atoms with Gasteiger partial charge >= 0.3 is 0 Å². The first-order chi connectivity index (χ1) is 12.2. The highest BCUT2D eigenvalue weighted by Gasteiger charge is 2.64. The van der Waals surface area contributed by atoms with E-state index in [4.69, 9.17) is 9.47 Å². The fourth-order valence-corrected chi connectivity index (χ4v) is 4.37. The van der Waals surface area contributed by atoms with Gasteiger partial charge in [0, 0.05) is 17.7 Å². The molecule has 2 atom stereocenters. The minimum Gasteiger partial charge on any atom is -0.454 e. The Morgan fingerprint density at radius 2 is 1.96 bits per heavy atom. The molecule has 26 heavy (non-hydrogen) atoms. The van der Waals surface area contributed by atoms with Gasteiger partial charge in [-0.1, -0.05) is 20.8 Å². The molecule has 1 saturated carbocycles. The molecular formula is C19H22N2O5. The number of benzene rings is 1. The van der Waals surface area contributed by atoms with Gasteiger partial charge in [-0.3, -0.25) is 19.3 Å². The van der Waals surface area contributed by atoms with Crippen LogP contribution in [0.15, 0.2) is 18.2 Å². The van der Waals surface area contributed by atoms with Gasteiger partial charge in [0.15, 0.2) is 11.5 Å². The zero-order chi connectivity index (χ0) is 18.7. The maximum Gasteiger partial charge on any atom is 0.244 e. The molecule has 3 amide bonds. The van der Waals surface area contributed by atoms with Crippen molar-refractivity contribution in [3.05, 3.63) is 18.2 Å². The molecule has 7 nitrogen and oxygen atoms in total. The van der Waals surface area contributed by atoms with Crippen molar-refractivity contribution in [2.75, 3.05) is 18.7 Å². The van der Waals surface area contributed by atoms with Crippen molar-refractivity contribution in [3.63, 3.8) is 0 Å². The topological polar surface area (TPSA) is 84.9 Å². The normalized spacial score (nSPS) is 28.4. The van der Waals surface area contributed by atoms with Crippen LogP contribution in [0, 0.1) is 16.7 Å². The molecule has 1 N–H and O–H groups in total. The number of rotatable bonds is 3. The average molecular weight is 358 g/mol. The van der Waals surface area contributed by atoms with E-state index in [2.05, 4.69) is 5.32 Å². The zero-order valence-electron chi connectivity index (χ0n) is 15.1. The van der Waals surface area contributed by atoms with Crippen LogP contribution in [0.25, 0.3) is 0 Å². The third-order valence-corrected chi connectivity index (χ3v) is 6.47. The number of likely N-dealkylation sites (tertiary alicyclic amines) is 1. The number of hydrogen-bond acceptors (Lipinski definition) is 5. The maximum atomic E-state index is 13.0. The molecule has 0 spiro atoms. The quantitative estimate of drug-likeness (QED) is 0.837. The summed E-state index contributed by atoms with van der Waals surface area (Å²) in [6.45, 7) is 5.74. The van der Waals surface area contributed by atoms with E-state index in [0.29, 0.717) is 30.0 Å². The number of carbonyl (C=O) groups is 3.